The van der Waals surface area contributed by atoms with E-state index in [1.165, 1.54) is 4.90 Å². The molecule has 0 aliphatic heterocycles. The van der Waals surface area contributed by atoms with Gasteiger partial charge in [-0.15, -0.1) is 0 Å². The zero-order valence-corrected chi connectivity index (χ0v) is 11.8. The predicted octanol–water partition coefficient (Wildman–Crippen LogP) is 1.72. The Morgan fingerprint density at radius 1 is 1.42 bits per heavy atom. The average molecular weight is 268 g/mol. The highest BCUT2D eigenvalue weighted by molar-refractivity contribution is 5.77. The molecule has 1 rings (SSSR count). The first-order valence-corrected chi connectivity index (χ1v) is 6.21. The predicted molar refractivity (Wildman–Crippen MR) is 68.9 cm³/mol. The van der Waals surface area contributed by atoms with Crippen molar-refractivity contribution in [2.24, 2.45) is 0 Å². The maximum absolute atomic E-state index is 12.0. The van der Waals surface area contributed by atoms with Gasteiger partial charge < -0.3 is 14.5 Å². The second-order valence-electron chi connectivity index (χ2n) is 4.80. The van der Waals surface area contributed by atoms with Crippen LogP contribution in [0.3, 0.4) is 0 Å². The lowest BCUT2D eigenvalue weighted by Gasteiger charge is -2.18. The standard InChI is InChI=1S/C13H20N2O4/c1-8(13-9(2)14-19-10(13)3)7-11(16)15(4)6-5-12(17)18/h8H,5-7H2,1-4H3,(H,17,18). The van der Waals surface area contributed by atoms with Gasteiger partial charge >= 0.3 is 5.97 Å². The fourth-order valence-electron chi connectivity index (χ4n) is 2.10. The van der Waals surface area contributed by atoms with Crippen LogP contribution in [0.25, 0.3) is 0 Å². The lowest BCUT2D eigenvalue weighted by atomic mass is 9.95. The maximum atomic E-state index is 12.0. The number of hydrogen-bond donors (Lipinski definition) is 1. The van der Waals surface area contributed by atoms with Gasteiger partial charge in [0.1, 0.15) is 5.76 Å². The topological polar surface area (TPSA) is 83.6 Å². The number of aliphatic carboxylic acids is 1. The van der Waals surface area contributed by atoms with Crippen molar-refractivity contribution in [3.63, 3.8) is 0 Å². The van der Waals surface area contributed by atoms with Crippen LogP contribution in [-0.4, -0.2) is 40.6 Å². The number of carboxylic acid groups (broad SMARTS) is 1. The molecule has 1 amide bonds. The number of aromatic nitrogens is 1. The van der Waals surface area contributed by atoms with Gasteiger partial charge in [0.2, 0.25) is 5.91 Å². The Kier molecular flexibility index (Phi) is 5.09. The molecular formula is C13H20N2O4. The van der Waals surface area contributed by atoms with E-state index in [2.05, 4.69) is 5.16 Å². The van der Waals surface area contributed by atoms with E-state index in [0.717, 1.165) is 17.0 Å². The molecule has 6 nitrogen and oxygen atoms in total. The van der Waals surface area contributed by atoms with E-state index in [-0.39, 0.29) is 24.8 Å². The maximum Gasteiger partial charge on any atom is 0.305 e. The SMILES string of the molecule is Cc1noc(C)c1C(C)CC(=O)N(C)CCC(=O)O. The summed E-state index contributed by atoms with van der Waals surface area (Å²) in [6, 6.07) is 0. The number of nitrogens with zero attached hydrogens (tertiary/aromatic N) is 2. The third-order valence-corrected chi connectivity index (χ3v) is 3.15. The molecule has 1 N–H and O–H groups in total. The first-order valence-electron chi connectivity index (χ1n) is 6.21. The van der Waals surface area contributed by atoms with Gasteiger partial charge in [0.05, 0.1) is 12.1 Å². The lowest BCUT2D eigenvalue weighted by molar-refractivity contribution is -0.138. The smallest absolute Gasteiger partial charge is 0.305 e. The second-order valence-corrected chi connectivity index (χ2v) is 4.80. The van der Waals surface area contributed by atoms with E-state index < -0.39 is 5.97 Å². The molecule has 19 heavy (non-hydrogen) atoms. The van der Waals surface area contributed by atoms with Crippen molar-refractivity contribution in [1.82, 2.24) is 10.1 Å². The summed E-state index contributed by atoms with van der Waals surface area (Å²) in [5, 5.41) is 12.5. The van der Waals surface area contributed by atoms with Gasteiger partial charge in [0, 0.05) is 25.6 Å². The summed E-state index contributed by atoms with van der Waals surface area (Å²) in [5.41, 5.74) is 1.76. The highest BCUT2D eigenvalue weighted by atomic mass is 16.5. The van der Waals surface area contributed by atoms with Crippen molar-refractivity contribution >= 4 is 11.9 Å². The van der Waals surface area contributed by atoms with Crippen LogP contribution in [0.15, 0.2) is 4.52 Å². The molecule has 0 spiro atoms. The van der Waals surface area contributed by atoms with E-state index in [1.807, 2.05) is 20.8 Å². The van der Waals surface area contributed by atoms with Crippen molar-refractivity contribution in [3.8, 4) is 0 Å². The molecule has 0 saturated heterocycles. The molecule has 0 bridgehead atoms. The summed E-state index contributed by atoms with van der Waals surface area (Å²) in [6.07, 6.45) is 0.279. The highest BCUT2D eigenvalue weighted by Crippen LogP contribution is 2.26. The van der Waals surface area contributed by atoms with Gasteiger partial charge in [0.15, 0.2) is 0 Å². The lowest BCUT2D eigenvalue weighted by Crippen LogP contribution is -2.29. The Hall–Kier alpha value is -1.85. The van der Waals surface area contributed by atoms with Crippen molar-refractivity contribution in [3.05, 3.63) is 17.0 Å². The number of carboxylic acids is 1. The summed E-state index contributed by atoms with van der Waals surface area (Å²) in [5.74, 6) is -0.246. The first kappa shape index (κ1) is 15.2. The molecular weight excluding hydrogens is 248 g/mol. The zero-order valence-electron chi connectivity index (χ0n) is 11.8. The van der Waals surface area contributed by atoms with Crippen LogP contribution in [0.4, 0.5) is 0 Å². The molecule has 1 aromatic rings. The van der Waals surface area contributed by atoms with E-state index in [1.54, 1.807) is 7.05 Å². The fraction of sp³-hybridized carbons (Fsp3) is 0.615. The number of carbonyl (C=O) groups is 2. The van der Waals surface area contributed by atoms with E-state index in [0.29, 0.717) is 6.42 Å². The van der Waals surface area contributed by atoms with Crippen molar-refractivity contribution < 1.29 is 19.2 Å². The molecule has 0 aromatic carbocycles. The van der Waals surface area contributed by atoms with Crippen LogP contribution in [0.5, 0.6) is 0 Å². The molecule has 0 radical (unpaired) electrons. The van der Waals surface area contributed by atoms with E-state index in [4.69, 9.17) is 9.63 Å². The monoisotopic (exact) mass is 268 g/mol. The number of hydrogen-bond acceptors (Lipinski definition) is 4. The normalized spacial score (nSPS) is 12.2. The molecule has 0 aliphatic carbocycles. The van der Waals surface area contributed by atoms with Crippen molar-refractivity contribution in [2.45, 2.75) is 39.5 Å². The van der Waals surface area contributed by atoms with Gasteiger partial charge in [-0.1, -0.05) is 12.1 Å². The highest BCUT2D eigenvalue weighted by Gasteiger charge is 2.21. The van der Waals surface area contributed by atoms with Crippen molar-refractivity contribution in [2.75, 3.05) is 13.6 Å². The molecule has 0 aliphatic rings. The Balaban J connectivity index is 2.59. The third-order valence-electron chi connectivity index (χ3n) is 3.15. The van der Waals surface area contributed by atoms with Crippen LogP contribution in [0, 0.1) is 13.8 Å². The zero-order chi connectivity index (χ0) is 14.6. The molecule has 1 aromatic heterocycles. The minimum Gasteiger partial charge on any atom is -0.481 e. The van der Waals surface area contributed by atoms with Crippen LogP contribution >= 0.6 is 0 Å². The summed E-state index contributed by atoms with van der Waals surface area (Å²) in [7, 11) is 1.62. The van der Waals surface area contributed by atoms with Gasteiger partial charge in [-0.05, 0) is 19.8 Å². The Morgan fingerprint density at radius 3 is 2.53 bits per heavy atom. The average Bonchev–Trinajstić information content (AvgIpc) is 2.65. The Morgan fingerprint density at radius 2 is 2.05 bits per heavy atom. The molecule has 106 valence electrons. The number of amides is 1. The molecule has 1 atom stereocenters. The number of carbonyl (C=O) groups excluding carboxylic acids is 1. The minimum absolute atomic E-state index is 0.00558. The molecule has 0 fully saturated rings. The van der Waals surface area contributed by atoms with Crippen LogP contribution < -0.4 is 0 Å². The summed E-state index contributed by atoms with van der Waals surface area (Å²) >= 11 is 0. The van der Waals surface area contributed by atoms with E-state index in [9.17, 15) is 9.59 Å². The number of rotatable bonds is 6. The fourth-order valence-corrected chi connectivity index (χ4v) is 2.10. The molecule has 0 saturated carbocycles. The third kappa shape index (κ3) is 4.08. The quantitative estimate of drug-likeness (QED) is 0.849. The second kappa shape index (κ2) is 6.36. The molecule has 6 heteroatoms. The first-order chi connectivity index (χ1) is 8.82. The Bertz CT molecular complexity index is 448. The van der Waals surface area contributed by atoms with Gasteiger partial charge in [0.25, 0.3) is 0 Å². The Labute approximate surface area is 112 Å². The largest absolute Gasteiger partial charge is 0.481 e. The van der Waals surface area contributed by atoms with Crippen molar-refractivity contribution in [1.29, 1.82) is 0 Å². The molecule has 1 heterocycles. The van der Waals surface area contributed by atoms with Gasteiger partial charge in [-0.25, -0.2) is 0 Å². The van der Waals surface area contributed by atoms with E-state index >= 15 is 0 Å². The van der Waals surface area contributed by atoms with Crippen LogP contribution in [0.1, 0.15) is 42.7 Å². The summed E-state index contributed by atoms with van der Waals surface area (Å²) in [6.45, 7) is 5.84. The number of aryl methyl sites for hydroxylation is 2. The van der Waals surface area contributed by atoms with Gasteiger partial charge in [-0.2, -0.15) is 0 Å². The molecule has 1 unspecified atom stereocenters. The van der Waals surface area contributed by atoms with Crippen LogP contribution in [-0.2, 0) is 9.59 Å². The minimum atomic E-state index is -0.904. The summed E-state index contributed by atoms with van der Waals surface area (Å²) < 4.78 is 5.08. The van der Waals surface area contributed by atoms with Crippen LogP contribution in [0.2, 0.25) is 0 Å². The summed E-state index contributed by atoms with van der Waals surface area (Å²) in [4.78, 5) is 23.9. The van der Waals surface area contributed by atoms with Gasteiger partial charge in [-0.3, -0.25) is 9.59 Å².